The van der Waals surface area contributed by atoms with E-state index in [0.717, 1.165) is 0 Å². The lowest BCUT2D eigenvalue weighted by Crippen LogP contribution is -2.22. The van der Waals surface area contributed by atoms with Gasteiger partial charge in [-0.3, -0.25) is 0 Å². The number of nitrogens with two attached hydrogens (primary N) is 1. The molecular weight excluding hydrogens is 194 g/mol. The van der Waals surface area contributed by atoms with Gasteiger partial charge in [0, 0.05) is 7.11 Å². The number of rotatable bonds is 4. The fourth-order valence-electron chi connectivity index (χ4n) is 0.992. The molecule has 1 aromatic rings. The van der Waals surface area contributed by atoms with Gasteiger partial charge < -0.3 is 15.0 Å². The summed E-state index contributed by atoms with van der Waals surface area (Å²) in [6.45, 7) is 7.77. The quantitative estimate of drug-likeness (QED) is 0.822. The Bertz CT molecular complexity index is 320. The van der Waals surface area contributed by atoms with E-state index < -0.39 is 5.60 Å². The summed E-state index contributed by atoms with van der Waals surface area (Å²) in [5.74, 6) is 1.25. The first-order valence-electron chi connectivity index (χ1n) is 5.03. The summed E-state index contributed by atoms with van der Waals surface area (Å²) in [6.07, 6.45) is 0. The topological polar surface area (TPSA) is 74.2 Å². The maximum absolute atomic E-state index is 5.90. The van der Waals surface area contributed by atoms with Crippen molar-refractivity contribution in [3.63, 3.8) is 0 Å². The Morgan fingerprint density at radius 3 is 2.47 bits per heavy atom. The average molecular weight is 213 g/mol. The first kappa shape index (κ1) is 12.1. The van der Waals surface area contributed by atoms with Crippen LogP contribution in [0.5, 0.6) is 0 Å². The lowest BCUT2D eigenvalue weighted by atomic mass is 10.1. The highest BCUT2D eigenvalue weighted by Gasteiger charge is 2.28. The average Bonchev–Trinajstić information content (AvgIpc) is 2.65. The molecule has 0 aliphatic rings. The molecule has 5 heteroatoms. The third kappa shape index (κ3) is 2.54. The highest BCUT2D eigenvalue weighted by molar-refractivity contribution is 5.00. The summed E-state index contributed by atoms with van der Waals surface area (Å²) in [5, 5.41) is 3.87. The summed E-state index contributed by atoms with van der Waals surface area (Å²) in [7, 11) is 1.61. The van der Waals surface area contributed by atoms with Gasteiger partial charge in [0.2, 0.25) is 11.7 Å². The van der Waals surface area contributed by atoms with Crippen LogP contribution in [0.3, 0.4) is 0 Å². The monoisotopic (exact) mass is 213 g/mol. The molecule has 0 fully saturated rings. The molecule has 86 valence electrons. The molecule has 15 heavy (non-hydrogen) atoms. The first-order chi connectivity index (χ1) is 6.88. The van der Waals surface area contributed by atoms with Crippen molar-refractivity contribution in [3.05, 3.63) is 11.7 Å². The van der Waals surface area contributed by atoms with Crippen molar-refractivity contribution in [2.45, 2.75) is 39.3 Å². The second-order valence-electron chi connectivity index (χ2n) is 4.44. The van der Waals surface area contributed by atoms with E-state index in [1.54, 1.807) is 7.11 Å². The Morgan fingerprint density at radius 1 is 1.40 bits per heavy atom. The Labute approximate surface area is 90.0 Å². The van der Waals surface area contributed by atoms with Gasteiger partial charge in [-0.25, -0.2) is 0 Å². The van der Waals surface area contributed by atoms with Gasteiger partial charge in [-0.15, -0.1) is 0 Å². The maximum Gasteiger partial charge on any atom is 0.243 e. The summed E-state index contributed by atoms with van der Waals surface area (Å²) >= 11 is 0. The molecule has 0 amide bonds. The van der Waals surface area contributed by atoms with Crippen LogP contribution in [0.15, 0.2) is 4.52 Å². The van der Waals surface area contributed by atoms with Crippen molar-refractivity contribution in [1.82, 2.24) is 10.1 Å². The zero-order valence-electron chi connectivity index (χ0n) is 9.94. The highest BCUT2D eigenvalue weighted by atomic mass is 16.5. The van der Waals surface area contributed by atoms with Crippen LogP contribution >= 0.6 is 0 Å². The molecule has 1 rings (SSSR count). The molecule has 1 heterocycles. The number of hydrogen-bond acceptors (Lipinski definition) is 5. The minimum Gasteiger partial charge on any atom is -0.371 e. The van der Waals surface area contributed by atoms with Crippen LogP contribution in [0.2, 0.25) is 0 Å². The Balaban J connectivity index is 2.90. The van der Waals surface area contributed by atoms with Crippen molar-refractivity contribution in [2.24, 2.45) is 11.7 Å². The van der Waals surface area contributed by atoms with Gasteiger partial charge in [0.05, 0.1) is 6.04 Å². The van der Waals surface area contributed by atoms with Crippen molar-refractivity contribution >= 4 is 0 Å². The molecule has 0 bridgehead atoms. The van der Waals surface area contributed by atoms with Gasteiger partial charge in [-0.1, -0.05) is 19.0 Å². The Kier molecular flexibility index (Phi) is 3.46. The lowest BCUT2D eigenvalue weighted by molar-refractivity contribution is 0.00973. The number of aromatic nitrogens is 2. The van der Waals surface area contributed by atoms with Crippen molar-refractivity contribution in [3.8, 4) is 0 Å². The third-order valence-electron chi connectivity index (χ3n) is 2.49. The van der Waals surface area contributed by atoms with Gasteiger partial charge in [0.25, 0.3) is 0 Å². The van der Waals surface area contributed by atoms with Gasteiger partial charge in [-0.2, -0.15) is 4.98 Å². The zero-order valence-corrected chi connectivity index (χ0v) is 9.94. The molecule has 2 N–H and O–H groups in total. The largest absolute Gasteiger partial charge is 0.371 e. The fourth-order valence-corrected chi connectivity index (χ4v) is 0.992. The van der Waals surface area contributed by atoms with Crippen LogP contribution in [0.25, 0.3) is 0 Å². The predicted octanol–water partition coefficient (Wildman–Crippen LogP) is 1.61. The van der Waals surface area contributed by atoms with Crippen molar-refractivity contribution in [1.29, 1.82) is 0 Å². The van der Waals surface area contributed by atoms with E-state index in [-0.39, 0.29) is 12.0 Å². The summed E-state index contributed by atoms with van der Waals surface area (Å²) in [6, 6.07) is -0.223. The predicted molar refractivity (Wildman–Crippen MR) is 56.1 cm³/mol. The Hall–Kier alpha value is -0.940. The first-order valence-corrected chi connectivity index (χ1v) is 5.03. The minimum absolute atomic E-state index is 0.223. The zero-order chi connectivity index (χ0) is 11.6. The highest BCUT2D eigenvalue weighted by Crippen LogP contribution is 2.23. The van der Waals surface area contributed by atoms with Crippen molar-refractivity contribution < 1.29 is 9.26 Å². The molecule has 1 aromatic heterocycles. The fraction of sp³-hybridized carbons (Fsp3) is 0.800. The number of hydrogen-bond donors (Lipinski definition) is 1. The smallest absolute Gasteiger partial charge is 0.243 e. The van der Waals surface area contributed by atoms with Crippen LogP contribution in [0.1, 0.15) is 45.5 Å². The van der Waals surface area contributed by atoms with E-state index in [1.165, 1.54) is 0 Å². The molecule has 0 unspecified atom stereocenters. The molecular formula is C10H19N3O2. The second-order valence-corrected chi connectivity index (χ2v) is 4.44. The SMILES string of the molecule is COC(C)(C)c1noc([C@@H](N)C(C)C)n1. The second kappa shape index (κ2) is 4.28. The molecule has 0 aliphatic carbocycles. The van der Waals surface area contributed by atoms with E-state index in [2.05, 4.69) is 10.1 Å². The number of nitrogens with zero attached hydrogens (tertiary/aromatic N) is 2. The summed E-state index contributed by atoms with van der Waals surface area (Å²) in [5.41, 5.74) is 5.36. The standard InChI is InChI=1S/C10H19N3O2/c1-6(2)7(11)8-12-9(13-15-8)10(3,4)14-5/h6-7H,11H2,1-5H3/t7-/m0/s1. The molecule has 0 aromatic carbocycles. The minimum atomic E-state index is -0.543. The molecule has 1 atom stereocenters. The van der Waals surface area contributed by atoms with Gasteiger partial charge in [0.1, 0.15) is 5.60 Å². The van der Waals surface area contributed by atoms with Crippen molar-refractivity contribution in [2.75, 3.05) is 7.11 Å². The lowest BCUT2D eigenvalue weighted by Gasteiger charge is -2.17. The molecule has 0 radical (unpaired) electrons. The summed E-state index contributed by atoms with van der Waals surface area (Å²) in [4.78, 5) is 4.25. The number of ether oxygens (including phenoxy) is 1. The van der Waals surface area contributed by atoms with Gasteiger partial charge >= 0.3 is 0 Å². The van der Waals surface area contributed by atoms with E-state index in [4.69, 9.17) is 15.0 Å². The molecule has 0 aliphatic heterocycles. The van der Waals surface area contributed by atoms with Crippen LogP contribution < -0.4 is 5.73 Å². The van der Waals surface area contributed by atoms with Crippen LogP contribution in [0, 0.1) is 5.92 Å². The Morgan fingerprint density at radius 2 is 2.00 bits per heavy atom. The van der Waals surface area contributed by atoms with Gasteiger partial charge in [-0.05, 0) is 19.8 Å². The molecule has 0 saturated heterocycles. The normalized spacial score (nSPS) is 14.6. The van der Waals surface area contributed by atoms with Crippen LogP contribution in [0.4, 0.5) is 0 Å². The third-order valence-corrected chi connectivity index (χ3v) is 2.49. The van der Waals surface area contributed by atoms with Crippen LogP contribution in [-0.4, -0.2) is 17.3 Å². The van der Waals surface area contributed by atoms with Crippen LogP contribution in [-0.2, 0) is 10.3 Å². The van der Waals surface area contributed by atoms with E-state index >= 15 is 0 Å². The molecule has 0 spiro atoms. The van der Waals surface area contributed by atoms with Gasteiger partial charge in [0.15, 0.2) is 0 Å². The maximum atomic E-state index is 5.90. The van der Waals surface area contributed by atoms with E-state index in [0.29, 0.717) is 11.7 Å². The number of methoxy groups -OCH3 is 1. The molecule has 5 nitrogen and oxygen atoms in total. The van der Waals surface area contributed by atoms with E-state index in [1.807, 2.05) is 27.7 Å². The summed E-state index contributed by atoms with van der Waals surface area (Å²) < 4.78 is 10.4. The molecule has 0 saturated carbocycles. The van der Waals surface area contributed by atoms with E-state index in [9.17, 15) is 0 Å².